The summed E-state index contributed by atoms with van der Waals surface area (Å²) in [7, 11) is 0. The lowest BCUT2D eigenvalue weighted by Crippen LogP contribution is -2.01. The minimum Gasteiger partial charge on any atom is -0.478 e. The number of hydrogen-bond donors (Lipinski definition) is 2. The van der Waals surface area contributed by atoms with E-state index in [0.29, 0.717) is 6.08 Å². The topological polar surface area (TPSA) is 98.4 Å². The fourth-order valence-corrected chi connectivity index (χ4v) is 0.572. The van der Waals surface area contributed by atoms with Crippen LogP contribution in [0.5, 0.6) is 0 Å². The van der Waals surface area contributed by atoms with Crippen molar-refractivity contribution in [3.63, 3.8) is 0 Å². The van der Waals surface area contributed by atoms with Crippen molar-refractivity contribution < 1.29 is 19.8 Å². The molecule has 0 amide bonds. The summed E-state index contributed by atoms with van der Waals surface area (Å²) >= 11 is 0. The number of nitrogens with zero attached hydrogens (tertiary/aromatic N) is 1. The maximum absolute atomic E-state index is 10.5. The molecule has 0 radical (unpaired) electrons. The Morgan fingerprint density at radius 3 is 2.15 bits per heavy atom. The summed E-state index contributed by atoms with van der Waals surface area (Å²) in [6.07, 6.45) is 1.55. The van der Waals surface area contributed by atoms with Crippen LogP contribution in [0, 0.1) is 11.3 Å². The van der Waals surface area contributed by atoms with Gasteiger partial charge in [-0.05, 0) is 13.0 Å². The van der Waals surface area contributed by atoms with E-state index in [1.165, 1.54) is 6.92 Å². The van der Waals surface area contributed by atoms with Gasteiger partial charge in [0.2, 0.25) is 0 Å². The van der Waals surface area contributed by atoms with Crippen molar-refractivity contribution in [2.75, 3.05) is 0 Å². The van der Waals surface area contributed by atoms with Crippen LogP contribution in [0.4, 0.5) is 0 Å². The second-order valence-electron chi connectivity index (χ2n) is 2.13. The Kier molecular flexibility index (Phi) is 3.96. The maximum Gasteiger partial charge on any atom is 0.336 e. The molecule has 0 aliphatic heterocycles. The standard InChI is InChI=1S/C8H7NO4/c1-5(4-9)6(8(12)13)2-3-7(10)11/h2-3H,1H3,(H,10,11)(H,12,13)/b3-2+,6-5+. The molecule has 68 valence electrons. The molecule has 5 nitrogen and oxygen atoms in total. The molecule has 0 rings (SSSR count). The van der Waals surface area contributed by atoms with Gasteiger partial charge in [-0.1, -0.05) is 0 Å². The second-order valence-corrected chi connectivity index (χ2v) is 2.13. The van der Waals surface area contributed by atoms with Gasteiger partial charge >= 0.3 is 11.9 Å². The van der Waals surface area contributed by atoms with E-state index in [-0.39, 0.29) is 11.1 Å². The van der Waals surface area contributed by atoms with Gasteiger partial charge in [-0.2, -0.15) is 5.26 Å². The molecule has 0 saturated carbocycles. The van der Waals surface area contributed by atoms with Crippen LogP contribution in [0.15, 0.2) is 23.3 Å². The van der Waals surface area contributed by atoms with Crippen LogP contribution in [0.1, 0.15) is 6.92 Å². The van der Waals surface area contributed by atoms with E-state index >= 15 is 0 Å². The van der Waals surface area contributed by atoms with Crippen LogP contribution in [-0.4, -0.2) is 22.2 Å². The van der Waals surface area contributed by atoms with E-state index in [0.717, 1.165) is 6.08 Å². The van der Waals surface area contributed by atoms with Crippen molar-refractivity contribution >= 4 is 11.9 Å². The summed E-state index contributed by atoms with van der Waals surface area (Å²) in [6, 6.07) is 1.62. The Morgan fingerprint density at radius 1 is 1.31 bits per heavy atom. The highest BCUT2D eigenvalue weighted by molar-refractivity contribution is 5.93. The fraction of sp³-hybridized carbons (Fsp3) is 0.125. The summed E-state index contributed by atoms with van der Waals surface area (Å²) in [5, 5.41) is 25.1. The Labute approximate surface area is 74.2 Å². The molecule has 0 aromatic rings. The largest absolute Gasteiger partial charge is 0.478 e. The normalized spacial score (nSPS) is 12.0. The maximum atomic E-state index is 10.5. The van der Waals surface area contributed by atoms with E-state index in [2.05, 4.69) is 0 Å². The van der Waals surface area contributed by atoms with Gasteiger partial charge in [0.05, 0.1) is 11.6 Å². The molecule has 0 aliphatic rings. The molecule has 0 aromatic carbocycles. The predicted octanol–water partition coefficient (Wildman–Crippen LogP) is 0.552. The van der Waals surface area contributed by atoms with Gasteiger partial charge in [-0.25, -0.2) is 9.59 Å². The smallest absolute Gasteiger partial charge is 0.336 e. The molecule has 0 aliphatic carbocycles. The summed E-state index contributed by atoms with van der Waals surface area (Å²) in [5.74, 6) is -2.58. The lowest BCUT2D eigenvalue weighted by Gasteiger charge is -1.93. The first-order valence-electron chi connectivity index (χ1n) is 3.24. The molecule has 2 N–H and O–H groups in total. The number of carboxylic acids is 2. The van der Waals surface area contributed by atoms with Gasteiger partial charge in [0.15, 0.2) is 0 Å². The number of rotatable bonds is 3. The number of aliphatic carboxylic acids is 2. The molecule has 0 heterocycles. The Morgan fingerprint density at radius 2 is 1.85 bits per heavy atom. The number of allylic oxidation sites excluding steroid dienone is 1. The third-order valence-corrected chi connectivity index (χ3v) is 1.19. The number of hydrogen-bond acceptors (Lipinski definition) is 3. The number of nitriles is 1. The molecule has 0 unspecified atom stereocenters. The first-order chi connectivity index (χ1) is 5.99. The van der Waals surface area contributed by atoms with E-state index in [1.54, 1.807) is 6.07 Å². The number of carboxylic acid groups (broad SMARTS) is 2. The summed E-state index contributed by atoms with van der Waals surface area (Å²) < 4.78 is 0. The third-order valence-electron chi connectivity index (χ3n) is 1.19. The monoisotopic (exact) mass is 181 g/mol. The van der Waals surface area contributed by atoms with Crippen LogP contribution in [-0.2, 0) is 9.59 Å². The lowest BCUT2D eigenvalue weighted by molar-refractivity contribution is -0.132. The molecular formula is C8H7NO4. The SMILES string of the molecule is C/C(C#N)=C(/C=C/C(=O)O)C(=O)O. The zero-order valence-electron chi connectivity index (χ0n) is 6.81. The highest BCUT2D eigenvalue weighted by atomic mass is 16.4. The van der Waals surface area contributed by atoms with Gasteiger partial charge in [0.25, 0.3) is 0 Å². The van der Waals surface area contributed by atoms with Gasteiger partial charge in [0.1, 0.15) is 0 Å². The summed E-state index contributed by atoms with van der Waals surface area (Å²) in [5.41, 5.74) is -0.352. The third kappa shape index (κ3) is 3.72. The Balaban J connectivity index is 4.99. The van der Waals surface area contributed by atoms with E-state index in [9.17, 15) is 9.59 Å². The molecule has 0 bridgehead atoms. The van der Waals surface area contributed by atoms with Gasteiger partial charge in [0, 0.05) is 11.6 Å². The average molecular weight is 181 g/mol. The van der Waals surface area contributed by atoms with Crippen LogP contribution < -0.4 is 0 Å². The van der Waals surface area contributed by atoms with Gasteiger partial charge in [-0.3, -0.25) is 0 Å². The summed E-state index contributed by atoms with van der Waals surface area (Å²) in [4.78, 5) is 20.5. The minimum absolute atomic E-state index is 0.0370. The zero-order chi connectivity index (χ0) is 10.4. The van der Waals surface area contributed by atoms with Crippen LogP contribution in [0.2, 0.25) is 0 Å². The molecule has 0 spiro atoms. The highest BCUT2D eigenvalue weighted by Gasteiger charge is 2.07. The average Bonchev–Trinajstić information content (AvgIpc) is 2.03. The van der Waals surface area contributed by atoms with Crippen LogP contribution >= 0.6 is 0 Å². The zero-order valence-corrected chi connectivity index (χ0v) is 6.81. The molecule has 13 heavy (non-hydrogen) atoms. The van der Waals surface area contributed by atoms with E-state index in [1.807, 2.05) is 0 Å². The van der Waals surface area contributed by atoms with Crippen molar-refractivity contribution in [1.29, 1.82) is 5.26 Å². The number of carbonyl (C=O) groups is 2. The molecule has 5 heteroatoms. The van der Waals surface area contributed by atoms with E-state index in [4.69, 9.17) is 15.5 Å². The fourth-order valence-electron chi connectivity index (χ4n) is 0.572. The molecular weight excluding hydrogens is 174 g/mol. The Bertz CT molecular complexity index is 333. The lowest BCUT2D eigenvalue weighted by atomic mass is 10.1. The van der Waals surface area contributed by atoms with Gasteiger partial charge in [-0.15, -0.1) is 0 Å². The van der Waals surface area contributed by atoms with Crippen LogP contribution in [0.3, 0.4) is 0 Å². The van der Waals surface area contributed by atoms with Crippen LogP contribution in [0.25, 0.3) is 0 Å². The second kappa shape index (κ2) is 4.72. The predicted molar refractivity (Wildman–Crippen MR) is 42.7 cm³/mol. The molecule has 0 saturated heterocycles. The van der Waals surface area contributed by atoms with Gasteiger partial charge < -0.3 is 10.2 Å². The Hall–Kier alpha value is -2.09. The highest BCUT2D eigenvalue weighted by Crippen LogP contribution is 2.04. The minimum atomic E-state index is -1.32. The molecule has 0 fully saturated rings. The van der Waals surface area contributed by atoms with Crippen molar-refractivity contribution in [1.82, 2.24) is 0 Å². The van der Waals surface area contributed by atoms with Crippen molar-refractivity contribution in [3.8, 4) is 6.07 Å². The molecule has 0 atom stereocenters. The van der Waals surface area contributed by atoms with Crippen molar-refractivity contribution in [2.45, 2.75) is 6.92 Å². The van der Waals surface area contributed by atoms with E-state index < -0.39 is 11.9 Å². The van der Waals surface area contributed by atoms with Crippen molar-refractivity contribution in [3.05, 3.63) is 23.3 Å². The van der Waals surface area contributed by atoms with Crippen molar-refractivity contribution in [2.24, 2.45) is 0 Å². The first-order valence-corrected chi connectivity index (χ1v) is 3.24. The molecule has 0 aromatic heterocycles. The first kappa shape index (κ1) is 10.9. The quantitative estimate of drug-likeness (QED) is 0.376. The summed E-state index contributed by atoms with van der Waals surface area (Å²) in [6.45, 7) is 1.30.